The van der Waals surface area contributed by atoms with Crippen LogP contribution in [0.4, 0.5) is 0 Å². The minimum absolute atomic E-state index is 0.384. The Morgan fingerprint density at radius 3 is 2.60 bits per heavy atom. The maximum Gasteiger partial charge on any atom is 0.133 e. The van der Waals surface area contributed by atoms with Crippen molar-refractivity contribution in [3.8, 4) is 5.75 Å². The molecule has 2 nitrogen and oxygen atoms in total. The maximum absolute atomic E-state index is 9.92. The Hall–Kier alpha value is -0.540. The van der Waals surface area contributed by atoms with E-state index in [1.807, 2.05) is 6.07 Å². The standard InChI is InChI=1S/C12H18BrNO/c1-8-7-11(13)12(15)10(9(8)2)5-3-4-6-14/h7,15H,3-6,14H2,1-2H3. The molecular weight excluding hydrogens is 254 g/mol. The van der Waals surface area contributed by atoms with E-state index in [9.17, 15) is 5.11 Å². The lowest BCUT2D eigenvalue weighted by Crippen LogP contribution is -2.00. The summed E-state index contributed by atoms with van der Waals surface area (Å²) in [4.78, 5) is 0. The van der Waals surface area contributed by atoms with Gasteiger partial charge in [0.05, 0.1) is 4.47 Å². The van der Waals surface area contributed by atoms with E-state index in [1.54, 1.807) is 0 Å². The van der Waals surface area contributed by atoms with Crippen molar-refractivity contribution in [3.63, 3.8) is 0 Å². The fraction of sp³-hybridized carbons (Fsp3) is 0.500. The van der Waals surface area contributed by atoms with Gasteiger partial charge in [0, 0.05) is 0 Å². The molecule has 0 amide bonds. The molecular formula is C12H18BrNO. The van der Waals surface area contributed by atoms with Gasteiger partial charge in [0.25, 0.3) is 0 Å². The summed E-state index contributed by atoms with van der Waals surface area (Å²) in [6.45, 7) is 4.83. The molecule has 0 bridgehead atoms. The third kappa shape index (κ3) is 2.95. The zero-order valence-electron chi connectivity index (χ0n) is 9.31. The highest BCUT2D eigenvalue weighted by molar-refractivity contribution is 9.10. The molecule has 0 unspecified atom stereocenters. The molecule has 0 aliphatic rings. The number of hydrogen-bond donors (Lipinski definition) is 2. The molecule has 1 rings (SSSR count). The maximum atomic E-state index is 9.92. The lowest BCUT2D eigenvalue weighted by molar-refractivity contribution is 0.462. The highest BCUT2D eigenvalue weighted by atomic mass is 79.9. The summed E-state index contributed by atoms with van der Waals surface area (Å²) in [7, 11) is 0. The molecule has 0 saturated carbocycles. The number of unbranched alkanes of at least 4 members (excludes halogenated alkanes) is 1. The molecule has 0 fully saturated rings. The first-order valence-corrected chi connectivity index (χ1v) is 6.04. The third-order valence-corrected chi connectivity index (χ3v) is 3.38. The van der Waals surface area contributed by atoms with Gasteiger partial charge in [-0.05, 0) is 78.3 Å². The van der Waals surface area contributed by atoms with E-state index in [2.05, 4.69) is 29.8 Å². The van der Waals surface area contributed by atoms with Gasteiger partial charge in [-0.1, -0.05) is 0 Å². The molecule has 3 N–H and O–H groups in total. The fourth-order valence-corrected chi connectivity index (χ4v) is 2.26. The fourth-order valence-electron chi connectivity index (χ4n) is 1.68. The van der Waals surface area contributed by atoms with Crippen molar-refractivity contribution in [1.29, 1.82) is 0 Å². The molecule has 0 heterocycles. The molecule has 3 heteroatoms. The largest absolute Gasteiger partial charge is 0.506 e. The second-order valence-corrected chi connectivity index (χ2v) is 4.73. The number of benzene rings is 1. The van der Waals surface area contributed by atoms with Crippen molar-refractivity contribution < 1.29 is 5.11 Å². The van der Waals surface area contributed by atoms with E-state index >= 15 is 0 Å². The van der Waals surface area contributed by atoms with Crippen molar-refractivity contribution >= 4 is 15.9 Å². The van der Waals surface area contributed by atoms with Crippen LogP contribution >= 0.6 is 15.9 Å². The van der Waals surface area contributed by atoms with Crippen LogP contribution in [0, 0.1) is 13.8 Å². The average molecular weight is 272 g/mol. The number of phenolic OH excluding ortho intramolecular Hbond substituents is 1. The van der Waals surface area contributed by atoms with E-state index in [0.717, 1.165) is 29.3 Å². The zero-order chi connectivity index (χ0) is 11.4. The second kappa shape index (κ2) is 5.52. The van der Waals surface area contributed by atoms with Crippen LogP contribution in [-0.4, -0.2) is 11.7 Å². The van der Waals surface area contributed by atoms with Gasteiger partial charge in [0.2, 0.25) is 0 Å². The third-order valence-electron chi connectivity index (χ3n) is 2.78. The Bertz CT molecular complexity index is 324. The molecule has 0 atom stereocenters. The highest BCUT2D eigenvalue weighted by Crippen LogP contribution is 2.33. The average Bonchev–Trinajstić information content (AvgIpc) is 2.20. The zero-order valence-corrected chi connectivity index (χ0v) is 10.9. The van der Waals surface area contributed by atoms with Gasteiger partial charge >= 0.3 is 0 Å². The van der Waals surface area contributed by atoms with Crippen LogP contribution in [0.25, 0.3) is 0 Å². The molecule has 0 aromatic heterocycles. The van der Waals surface area contributed by atoms with Gasteiger partial charge in [-0.25, -0.2) is 0 Å². The Kier molecular flexibility index (Phi) is 4.61. The number of aryl methyl sites for hydroxylation is 1. The van der Waals surface area contributed by atoms with Crippen LogP contribution in [0.5, 0.6) is 5.75 Å². The molecule has 84 valence electrons. The van der Waals surface area contributed by atoms with Crippen LogP contribution in [-0.2, 0) is 6.42 Å². The van der Waals surface area contributed by atoms with Crippen LogP contribution in [0.3, 0.4) is 0 Å². The van der Waals surface area contributed by atoms with E-state index in [1.165, 1.54) is 11.1 Å². The summed E-state index contributed by atoms with van der Waals surface area (Å²) >= 11 is 3.37. The van der Waals surface area contributed by atoms with Gasteiger partial charge < -0.3 is 10.8 Å². The number of hydrogen-bond acceptors (Lipinski definition) is 2. The van der Waals surface area contributed by atoms with Crippen LogP contribution in [0.1, 0.15) is 29.5 Å². The Balaban J connectivity index is 2.94. The van der Waals surface area contributed by atoms with Gasteiger partial charge in [0.1, 0.15) is 5.75 Å². The van der Waals surface area contributed by atoms with Gasteiger partial charge in [-0.15, -0.1) is 0 Å². The van der Waals surface area contributed by atoms with E-state index in [4.69, 9.17) is 5.73 Å². The van der Waals surface area contributed by atoms with Crippen LogP contribution < -0.4 is 5.73 Å². The summed E-state index contributed by atoms with van der Waals surface area (Å²) in [6.07, 6.45) is 2.93. The number of phenols is 1. The van der Waals surface area contributed by atoms with Crippen molar-refractivity contribution in [2.24, 2.45) is 5.73 Å². The summed E-state index contributed by atoms with van der Waals surface area (Å²) in [6, 6.07) is 1.96. The molecule has 0 aliphatic carbocycles. The molecule has 1 aromatic carbocycles. The predicted octanol–water partition coefficient (Wildman–Crippen LogP) is 3.05. The van der Waals surface area contributed by atoms with Gasteiger partial charge in [-0.3, -0.25) is 0 Å². The lowest BCUT2D eigenvalue weighted by atomic mass is 9.98. The number of rotatable bonds is 4. The van der Waals surface area contributed by atoms with Crippen molar-refractivity contribution in [1.82, 2.24) is 0 Å². The van der Waals surface area contributed by atoms with E-state index in [0.29, 0.717) is 12.3 Å². The topological polar surface area (TPSA) is 46.2 Å². The summed E-state index contributed by atoms with van der Waals surface area (Å²) in [5.74, 6) is 0.384. The van der Waals surface area contributed by atoms with Crippen molar-refractivity contribution in [2.75, 3.05) is 6.54 Å². The Morgan fingerprint density at radius 1 is 1.33 bits per heavy atom. The molecule has 15 heavy (non-hydrogen) atoms. The molecule has 0 radical (unpaired) electrons. The lowest BCUT2D eigenvalue weighted by Gasteiger charge is -2.12. The second-order valence-electron chi connectivity index (χ2n) is 3.87. The smallest absolute Gasteiger partial charge is 0.133 e. The molecule has 0 spiro atoms. The number of aromatic hydroxyl groups is 1. The van der Waals surface area contributed by atoms with Crippen molar-refractivity contribution in [2.45, 2.75) is 33.1 Å². The Morgan fingerprint density at radius 2 is 2.00 bits per heavy atom. The monoisotopic (exact) mass is 271 g/mol. The minimum Gasteiger partial charge on any atom is -0.506 e. The predicted molar refractivity (Wildman–Crippen MR) is 67.3 cm³/mol. The van der Waals surface area contributed by atoms with Gasteiger partial charge in [-0.2, -0.15) is 0 Å². The first-order valence-electron chi connectivity index (χ1n) is 5.25. The van der Waals surface area contributed by atoms with Gasteiger partial charge in [0.15, 0.2) is 0 Å². The van der Waals surface area contributed by atoms with E-state index in [-0.39, 0.29) is 0 Å². The SMILES string of the molecule is Cc1cc(Br)c(O)c(CCCCN)c1C. The highest BCUT2D eigenvalue weighted by Gasteiger charge is 2.10. The first kappa shape index (κ1) is 12.5. The Labute approximate surface area is 99.6 Å². The summed E-state index contributed by atoms with van der Waals surface area (Å²) in [5, 5.41) is 9.92. The summed E-state index contributed by atoms with van der Waals surface area (Å²) < 4.78 is 0.786. The number of nitrogens with two attached hydrogens (primary N) is 1. The number of halogens is 1. The normalized spacial score (nSPS) is 10.7. The van der Waals surface area contributed by atoms with Crippen molar-refractivity contribution in [3.05, 3.63) is 27.2 Å². The summed E-state index contributed by atoms with van der Waals surface area (Å²) in [5.41, 5.74) is 8.91. The molecule has 0 aliphatic heterocycles. The van der Waals surface area contributed by atoms with Crippen LogP contribution in [0.2, 0.25) is 0 Å². The van der Waals surface area contributed by atoms with Crippen LogP contribution in [0.15, 0.2) is 10.5 Å². The molecule has 0 saturated heterocycles. The first-order chi connectivity index (χ1) is 7.07. The van der Waals surface area contributed by atoms with E-state index < -0.39 is 0 Å². The minimum atomic E-state index is 0.384. The quantitative estimate of drug-likeness (QED) is 0.827. The molecule has 1 aromatic rings.